The van der Waals surface area contributed by atoms with Crippen LogP contribution in [0.3, 0.4) is 0 Å². The van der Waals surface area contributed by atoms with Gasteiger partial charge in [0.25, 0.3) is 0 Å². The third-order valence-corrected chi connectivity index (χ3v) is 2.30. The molecule has 0 fully saturated rings. The van der Waals surface area contributed by atoms with Gasteiger partial charge in [-0.1, -0.05) is 19.8 Å². The summed E-state index contributed by atoms with van der Waals surface area (Å²) >= 11 is 0. The van der Waals surface area contributed by atoms with Gasteiger partial charge < -0.3 is 5.73 Å². The van der Waals surface area contributed by atoms with Crippen molar-refractivity contribution in [1.29, 1.82) is 0 Å². The van der Waals surface area contributed by atoms with Gasteiger partial charge in [0.1, 0.15) is 0 Å². The lowest BCUT2D eigenvalue weighted by Gasteiger charge is -2.11. The molecule has 92 valence electrons. The Kier molecular flexibility index (Phi) is 6.45. The first-order valence-corrected chi connectivity index (χ1v) is 4.96. The highest BCUT2D eigenvalue weighted by Gasteiger charge is 2.14. The Hall–Kier alpha value is -0.740. The van der Waals surface area contributed by atoms with Crippen LogP contribution in [0.1, 0.15) is 37.8 Å². The fourth-order valence-corrected chi connectivity index (χ4v) is 1.38. The van der Waals surface area contributed by atoms with Crippen LogP contribution in [0.5, 0.6) is 0 Å². The summed E-state index contributed by atoms with van der Waals surface area (Å²) in [6.45, 7) is 2.00. The lowest BCUT2D eigenvalue weighted by atomic mass is 10.0. The Morgan fingerprint density at radius 3 is 2.12 bits per heavy atom. The highest BCUT2D eigenvalue weighted by Crippen LogP contribution is 2.21. The molecule has 1 nitrogen and oxygen atoms in total. The minimum atomic E-state index is -1.44. The Bertz CT molecular complexity index is 321. The normalized spacial score (nSPS) is 12.1. The van der Waals surface area contributed by atoms with E-state index in [0.717, 1.165) is 25.0 Å². The third-order valence-electron chi connectivity index (χ3n) is 2.30. The van der Waals surface area contributed by atoms with Crippen molar-refractivity contribution in [3.8, 4) is 0 Å². The van der Waals surface area contributed by atoms with E-state index in [1.807, 2.05) is 6.92 Å². The summed E-state index contributed by atoms with van der Waals surface area (Å²) in [7, 11) is 0. The molecule has 0 spiro atoms. The summed E-state index contributed by atoms with van der Waals surface area (Å²) in [6.07, 6.45) is 2.47. The number of hydrogen-bond donors (Lipinski definition) is 1. The van der Waals surface area contributed by atoms with E-state index in [2.05, 4.69) is 0 Å². The van der Waals surface area contributed by atoms with E-state index in [9.17, 15) is 13.2 Å². The van der Waals surface area contributed by atoms with Crippen molar-refractivity contribution in [2.45, 2.75) is 32.2 Å². The lowest BCUT2D eigenvalue weighted by molar-refractivity contribution is 0.442. The van der Waals surface area contributed by atoms with Crippen LogP contribution in [0.4, 0.5) is 13.2 Å². The summed E-state index contributed by atoms with van der Waals surface area (Å²) in [5.74, 6) is -3.81. The maximum Gasteiger partial charge on any atom is 0.194 e. The van der Waals surface area contributed by atoms with Crippen molar-refractivity contribution in [2.75, 3.05) is 0 Å². The number of benzene rings is 1. The predicted octanol–water partition coefficient (Wildman–Crippen LogP) is 3.72. The first-order chi connectivity index (χ1) is 7.06. The zero-order valence-corrected chi connectivity index (χ0v) is 9.79. The van der Waals surface area contributed by atoms with Crippen LogP contribution < -0.4 is 5.73 Å². The minimum absolute atomic E-state index is 0. The molecule has 0 aliphatic rings. The molecule has 0 radical (unpaired) electrons. The van der Waals surface area contributed by atoms with Crippen LogP contribution in [0.2, 0.25) is 0 Å². The molecular formula is C11H15ClF3N. The molecule has 16 heavy (non-hydrogen) atoms. The monoisotopic (exact) mass is 253 g/mol. The summed E-state index contributed by atoms with van der Waals surface area (Å²) in [5, 5.41) is 0. The van der Waals surface area contributed by atoms with Gasteiger partial charge in [0.15, 0.2) is 17.5 Å². The smallest absolute Gasteiger partial charge is 0.194 e. The van der Waals surface area contributed by atoms with Crippen molar-refractivity contribution < 1.29 is 13.2 Å². The van der Waals surface area contributed by atoms with Gasteiger partial charge in [-0.2, -0.15) is 0 Å². The molecular weight excluding hydrogens is 239 g/mol. The van der Waals surface area contributed by atoms with Gasteiger partial charge in [-0.05, 0) is 24.1 Å². The SMILES string of the molecule is CCCC[C@H](N)c1cc(F)c(F)c(F)c1.Cl. The summed E-state index contributed by atoms with van der Waals surface area (Å²) in [6, 6.07) is 1.48. The molecule has 1 atom stereocenters. The summed E-state index contributed by atoms with van der Waals surface area (Å²) in [5.41, 5.74) is 6.02. The Morgan fingerprint density at radius 2 is 1.69 bits per heavy atom. The van der Waals surface area contributed by atoms with E-state index in [-0.39, 0.29) is 12.4 Å². The standard InChI is InChI=1S/C11H14F3N.ClH/c1-2-3-4-10(15)7-5-8(12)11(14)9(13)6-7;/h5-6,10H,2-4,15H2,1H3;1H/t10-;/m0./s1. The van der Waals surface area contributed by atoms with Gasteiger partial charge in [0.2, 0.25) is 0 Å². The lowest BCUT2D eigenvalue weighted by Crippen LogP contribution is -2.11. The zero-order chi connectivity index (χ0) is 11.4. The summed E-state index contributed by atoms with van der Waals surface area (Å²) < 4.78 is 38.3. The van der Waals surface area contributed by atoms with Gasteiger partial charge in [0.05, 0.1) is 0 Å². The van der Waals surface area contributed by atoms with Crippen LogP contribution in [0.15, 0.2) is 12.1 Å². The largest absolute Gasteiger partial charge is 0.324 e. The quantitative estimate of drug-likeness (QED) is 0.814. The predicted molar refractivity (Wildman–Crippen MR) is 60.0 cm³/mol. The van der Waals surface area contributed by atoms with Crippen LogP contribution in [0.25, 0.3) is 0 Å². The highest BCUT2D eigenvalue weighted by molar-refractivity contribution is 5.85. The number of nitrogens with two attached hydrogens (primary N) is 1. The van der Waals surface area contributed by atoms with Crippen molar-refractivity contribution in [3.63, 3.8) is 0 Å². The van der Waals surface area contributed by atoms with Crippen molar-refractivity contribution in [1.82, 2.24) is 0 Å². The maximum atomic E-state index is 12.9. The molecule has 0 saturated heterocycles. The molecule has 1 aromatic carbocycles. The molecule has 0 aliphatic carbocycles. The molecule has 0 unspecified atom stereocenters. The molecule has 2 N–H and O–H groups in total. The molecule has 0 heterocycles. The number of hydrogen-bond acceptors (Lipinski definition) is 1. The molecule has 1 rings (SSSR count). The van der Waals surface area contributed by atoms with Gasteiger partial charge >= 0.3 is 0 Å². The van der Waals surface area contributed by atoms with E-state index >= 15 is 0 Å². The summed E-state index contributed by atoms with van der Waals surface area (Å²) in [4.78, 5) is 0. The van der Waals surface area contributed by atoms with Gasteiger partial charge in [-0.15, -0.1) is 12.4 Å². The molecule has 5 heteroatoms. The van der Waals surface area contributed by atoms with Crippen LogP contribution >= 0.6 is 12.4 Å². The average Bonchev–Trinajstić information content (AvgIpc) is 2.21. The van der Waals surface area contributed by atoms with E-state index in [1.54, 1.807) is 0 Å². The molecule has 0 bridgehead atoms. The molecule has 0 saturated carbocycles. The number of halogens is 4. The van der Waals surface area contributed by atoms with E-state index in [4.69, 9.17) is 5.73 Å². The molecule has 1 aromatic rings. The first kappa shape index (κ1) is 15.3. The van der Waals surface area contributed by atoms with Crippen molar-refractivity contribution in [2.24, 2.45) is 5.73 Å². The highest BCUT2D eigenvalue weighted by atomic mass is 35.5. The fourth-order valence-electron chi connectivity index (χ4n) is 1.38. The zero-order valence-electron chi connectivity index (χ0n) is 8.97. The van der Waals surface area contributed by atoms with Crippen molar-refractivity contribution >= 4 is 12.4 Å². The minimum Gasteiger partial charge on any atom is -0.324 e. The molecule has 0 amide bonds. The second kappa shape index (κ2) is 6.76. The van der Waals surface area contributed by atoms with E-state index < -0.39 is 23.5 Å². The molecule has 0 aromatic heterocycles. The van der Waals surface area contributed by atoms with Crippen LogP contribution in [-0.4, -0.2) is 0 Å². The van der Waals surface area contributed by atoms with Gasteiger partial charge in [-0.25, -0.2) is 13.2 Å². The first-order valence-electron chi connectivity index (χ1n) is 4.96. The fraction of sp³-hybridized carbons (Fsp3) is 0.455. The van der Waals surface area contributed by atoms with Crippen molar-refractivity contribution in [3.05, 3.63) is 35.1 Å². The Labute approximate surface area is 99.2 Å². The third kappa shape index (κ3) is 3.68. The second-order valence-corrected chi connectivity index (χ2v) is 3.55. The van der Waals surface area contributed by atoms with E-state index in [1.165, 1.54) is 0 Å². The van der Waals surface area contributed by atoms with Crippen LogP contribution in [0, 0.1) is 17.5 Å². The Morgan fingerprint density at radius 1 is 1.19 bits per heavy atom. The topological polar surface area (TPSA) is 26.0 Å². The average molecular weight is 254 g/mol. The van der Waals surface area contributed by atoms with Crippen LogP contribution in [-0.2, 0) is 0 Å². The second-order valence-electron chi connectivity index (χ2n) is 3.55. The molecule has 0 aliphatic heterocycles. The number of unbranched alkanes of at least 4 members (excludes halogenated alkanes) is 1. The Balaban J connectivity index is 0.00000225. The number of rotatable bonds is 4. The van der Waals surface area contributed by atoms with Gasteiger partial charge in [0, 0.05) is 6.04 Å². The van der Waals surface area contributed by atoms with E-state index in [0.29, 0.717) is 12.0 Å². The maximum absolute atomic E-state index is 12.9. The van der Waals surface area contributed by atoms with Gasteiger partial charge in [-0.3, -0.25) is 0 Å².